The van der Waals surface area contributed by atoms with E-state index in [9.17, 15) is 0 Å². The number of rotatable bonds is 5. The molecule has 0 amide bonds. The van der Waals surface area contributed by atoms with Crippen LogP contribution in [0.25, 0.3) is 11.3 Å². The summed E-state index contributed by atoms with van der Waals surface area (Å²) in [5, 5.41) is 6.47. The standard InChI is InChI=1S/C12H15N3S/c1-13-6-2-3-12-15-11(9-16-12)10-4-7-14-8-5-10/h4-5,7-9,13H,2-3,6H2,1H3. The van der Waals surface area contributed by atoms with Crippen LogP contribution in [-0.2, 0) is 6.42 Å². The molecule has 0 fully saturated rings. The Labute approximate surface area is 99.6 Å². The topological polar surface area (TPSA) is 37.8 Å². The highest BCUT2D eigenvalue weighted by molar-refractivity contribution is 7.09. The van der Waals surface area contributed by atoms with Crippen LogP contribution in [0.5, 0.6) is 0 Å². The maximum atomic E-state index is 4.62. The largest absolute Gasteiger partial charge is 0.320 e. The van der Waals surface area contributed by atoms with Crippen molar-refractivity contribution in [3.05, 3.63) is 34.9 Å². The molecule has 2 aromatic rings. The van der Waals surface area contributed by atoms with Gasteiger partial charge in [-0.05, 0) is 32.1 Å². The number of aryl methyl sites for hydroxylation is 1. The molecule has 1 N–H and O–H groups in total. The van der Waals surface area contributed by atoms with Crippen LogP contribution in [0.3, 0.4) is 0 Å². The van der Waals surface area contributed by atoms with E-state index in [1.54, 1.807) is 23.7 Å². The lowest BCUT2D eigenvalue weighted by Crippen LogP contribution is -2.08. The van der Waals surface area contributed by atoms with Crippen molar-refractivity contribution < 1.29 is 0 Å². The van der Waals surface area contributed by atoms with Gasteiger partial charge in [-0.25, -0.2) is 4.98 Å². The van der Waals surface area contributed by atoms with E-state index in [-0.39, 0.29) is 0 Å². The molecule has 0 spiro atoms. The third kappa shape index (κ3) is 2.87. The lowest BCUT2D eigenvalue weighted by Gasteiger charge is -1.96. The second kappa shape index (κ2) is 5.72. The highest BCUT2D eigenvalue weighted by atomic mass is 32.1. The molecule has 0 bridgehead atoms. The summed E-state index contributed by atoms with van der Waals surface area (Å²) in [4.78, 5) is 8.62. The molecule has 2 heterocycles. The van der Waals surface area contributed by atoms with Gasteiger partial charge in [0.25, 0.3) is 0 Å². The van der Waals surface area contributed by atoms with Gasteiger partial charge in [-0.2, -0.15) is 0 Å². The van der Waals surface area contributed by atoms with Crippen molar-refractivity contribution in [2.24, 2.45) is 0 Å². The van der Waals surface area contributed by atoms with Gasteiger partial charge in [-0.15, -0.1) is 11.3 Å². The fourth-order valence-electron chi connectivity index (χ4n) is 1.50. The zero-order chi connectivity index (χ0) is 11.2. The van der Waals surface area contributed by atoms with Crippen molar-refractivity contribution in [1.82, 2.24) is 15.3 Å². The van der Waals surface area contributed by atoms with E-state index >= 15 is 0 Å². The Balaban J connectivity index is 2.02. The Morgan fingerprint density at radius 2 is 2.12 bits per heavy atom. The minimum absolute atomic E-state index is 1.05. The van der Waals surface area contributed by atoms with Crippen molar-refractivity contribution >= 4 is 11.3 Å². The van der Waals surface area contributed by atoms with Crippen LogP contribution in [-0.4, -0.2) is 23.6 Å². The predicted octanol–water partition coefficient (Wildman–Crippen LogP) is 2.36. The van der Waals surface area contributed by atoms with E-state index in [4.69, 9.17) is 0 Å². The summed E-state index contributed by atoms with van der Waals surface area (Å²) < 4.78 is 0. The maximum absolute atomic E-state index is 4.62. The van der Waals surface area contributed by atoms with Gasteiger partial charge in [0.05, 0.1) is 10.7 Å². The molecule has 2 rings (SSSR count). The average molecular weight is 233 g/mol. The van der Waals surface area contributed by atoms with E-state index in [1.807, 2.05) is 19.2 Å². The van der Waals surface area contributed by atoms with E-state index in [0.29, 0.717) is 0 Å². The van der Waals surface area contributed by atoms with Crippen LogP contribution in [0.2, 0.25) is 0 Å². The third-order valence-corrected chi connectivity index (χ3v) is 3.25. The van der Waals surface area contributed by atoms with Crippen molar-refractivity contribution in [3.63, 3.8) is 0 Å². The molecule has 0 aliphatic heterocycles. The quantitative estimate of drug-likeness (QED) is 0.806. The summed E-state index contributed by atoms with van der Waals surface area (Å²) in [7, 11) is 1.98. The summed E-state index contributed by atoms with van der Waals surface area (Å²) in [6.07, 6.45) is 5.79. The van der Waals surface area contributed by atoms with Gasteiger partial charge in [0, 0.05) is 29.8 Å². The number of hydrogen-bond donors (Lipinski definition) is 1. The molecular formula is C12H15N3S. The molecule has 0 atom stereocenters. The maximum Gasteiger partial charge on any atom is 0.0933 e. The van der Waals surface area contributed by atoms with Crippen molar-refractivity contribution in [2.75, 3.05) is 13.6 Å². The normalized spacial score (nSPS) is 10.6. The number of nitrogens with one attached hydrogen (secondary N) is 1. The van der Waals surface area contributed by atoms with E-state index in [0.717, 1.165) is 30.6 Å². The number of pyridine rings is 1. The minimum atomic E-state index is 1.05. The van der Waals surface area contributed by atoms with Gasteiger partial charge in [-0.3, -0.25) is 4.98 Å². The number of nitrogens with zero attached hydrogens (tertiary/aromatic N) is 2. The molecule has 0 aliphatic carbocycles. The Kier molecular flexibility index (Phi) is 4.02. The first-order chi connectivity index (χ1) is 7.90. The lowest BCUT2D eigenvalue weighted by atomic mass is 10.2. The second-order valence-corrected chi connectivity index (χ2v) is 4.51. The number of hydrogen-bond acceptors (Lipinski definition) is 4. The molecule has 4 heteroatoms. The molecule has 0 aliphatic rings. The molecule has 0 aromatic carbocycles. The van der Waals surface area contributed by atoms with Crippen molar-refractivity contribution in [3.8, 4) is 11.3 Å². The van der Waals surface area contributed by atoms with Crippen LogP contribution in [0.15, 0.2) is 29.9 Å². The predicted molar refractivity (Wildman–Crippen MR) is 67.6 cm³/mol. The van der Waals surface area contributed by atoms with E-state index in [2.05, 4.69) is 20.7 Å². The highest BCUT2D eigenvalue weighted by Gasteiger charge is 2.03. The van der Waals surface area contributed by atoms with Gasteiger partial charge in [0.2, 0.25) is 0 Å². The third-order valence-electron chi connectivity index (χ3n) is 2.35. The van der Waals surface area contributed by atoms with Crippen LogP contribution < -0.4 is 5.32 Å². The van der Waals surface area contributed by atoms with Gasteiger partial charge in [0.1, 0.15) is 0 Å². The smallest absolute Gasteiger partial charge is 0.0933 e. The summed E-state index contributed by atoms with van der Waals surface area (Å²) >= 11 is 1.74. The first-order valence-corrected chi connectivity index (χ1v) is 6.27. The monoisotopic (exact) mass is 233 g/mol. The summed E-state index contributed by atoms with van der Waals surface area (Å²) in [6.45, 7) is 1.05. The second-order valence-electron chi connectivity index (χ2n) is 3.57. The molecule has 3 nitrogen and oxygen atoms in total. The summed E-state index contributed by atoms with van der Waals surface area (Å²) in [5.41, 5.74) is 2.21. The number of aromatic nitrogens is 2. The minimum Gasteiger partial charge on any atom is -0.320 e. The van der Waals surface area contributed by atoms with Gasteiger partial charge in [-0.1, -0.05) is 0 Å². The van der Waals surface area contributed by atoms with Crippen LogP contribution in [0.1, 0.15) is 11.4 Å². The SMILES string of the molecule is CNCCCc1nc(-c2ccncc2)cs1. The van der Waals surface area contributed by atoms with Crippen molar-refractivity contribution in [2.45, 2.75) is 12.8 Å². The van der Waals surface area contributed by atoms with Crippen LogP contribution in [0.4, 0.5) is 0 Å². The first kappa shape index (κ1) is 11.2. The molecular weight excluding hydrogens is 218 g/mol. The summed E-state index contributed by atoms with van der Waals surface area (Å²) in [5.74, 6) is 0. The first-order valence-electron chi connectivity index (χ1n) is 5.39. The summed E-state index contributed by atoms with van der Waals surface area (Å²) in [6, 6.07) is 3.98. The molecule has 0 radical (unpaired) electrons. The molecule has 0 saturated heterocycles. The Hall–Kier alpha value is -1.26. The van der Waals surface area contributed by atoms with E-state index < -0.39 is 0 Å². The van der Waals surface area contributed by atoms with Crippen LogP contribution >= 0.6 is 11.3 Å². The molecule has 0 saturated carbocycles. The lowest BCUT2D eigenvalue weighted by molar-refractivity contribution is 0.722. The fraction of sp³-hybridized carbons (Fsp3) is 0.333. The Morgan fingerprint density at radius 3 is 2.88 bits per heavy atom. The molecule has 16 heavy (non-hydrogen) atoms. The zero-order valence-electron chi connectivity index (χ0n) is 9.31. The molecule has 0 unspecified atom stereocenters. The fourth-order valence-corrected chi connectivity index (χ4v) is 2.35. The van der Waals surface area contributed by atoms with Gasteiger partial charge in [0.15, 0.2) is 0 Å². The highest BCUT2D eigenvalue weighted by Crippen LogP contribution is 2.21. The Morgan fingerprint density at radius 1 is 1.31 bits per heavy atom. The van der Waals surface area contributed by atoms with Crippen LogP contribution in [0, 0.1) is 0 Å². The molecule has 84 valence electrons. The van der Waals surface area contributed by atoms with Gasteiger partial charge >= 0.3 is 0 Å². The Bertz CT molecular complexity index is 425. The number of thiazole rings is 1. The molecule has 2 aromatic heterocycles. The zero-order valence-corrected chi connectivity index (χ0v) is 10.1. The van der Waals surface area contributed by atoms with Gasteiger partial charge < -0.3 is 5.32 Å². The van der Waals surface area contributed by atoms with E-state index in [1.165, 1.54) is 5.01 Å². The van der Waals surface area contributed by atoms with Crippen molar-refractivity contribution in [1.29, 1.82) is 0 Å². The average Bonchev–Trinajstić information content (AvgIpc) is 2.79.